The van der Waals surface area contributed by atoms with E-state index in [0.717, 1.165) is 10.9 Å². The second-order valence-corrected chi connectivity index (χ2v) is 5.85. The first-order valence-electron chi connectivity index (χ1n) is 7.70. The Hall–Kier alpha value is -3.13. The maximum atomic E-state index is 13.0. The Morgan fingerprint density at radius 2 is 2.04 bits per heavy atom. The van der Waals surface area contributed by atoms with Gasteiger partial charge in [0.15, 0.2) is 0 Å². The lowest BCUT2D eigenvalue weighted by atomic mass is 10.1. The van der Waals surface area contributed by atoms with Crippen LogP contribution in [0.5, 0.6) is 0 Å². The Labute approximate surface area is 140 Å². The highest BCUT2D eigenvalue weighted by Gasteiger charge is 2.25. The summed E-state index contributed by atoms with van der Waals surface area (Å²) in [7, 11) is 0. The largest absolute Gasteiger partial charge is 0.450 e. The quantitative estimate of drug-likeness (QED) is 0.730. The van der Waals surface area contributed by atoms with E-state index in [2.05, 4.69) is 4.98 Å². The molecule has 120 valence electrons. The third kappa shape index (κ3) is 2.74. The highest BCUT2D eigenvalue weighted by atomic mass is 16.3. The Morgan fingerprint density at radius 3 is 2.71 bits per heavy atom. The van der Waals surface area contributed by atoms with Gasteiger partial charge in [-0.15, -0.1) is 0 Å². The molecular weight excluding hydrogens is 302 g/mol. The number of benzene rings is 1. The molecule has 2 heterocycles. The third-order valence-corrected chi connectivity index (χ3v) is 3.85. The summed E-state index contributed by atoms with van der Waals surface area (Å²) < 4.78 is 5.30. The molecule has 0 saturated heterocycles. The fourth-order valence-corrected chi connectivity index (χ4v) is 2.72. The Kier molecular flexibility index (Phi) is 4.05. The van der Waals surface area contributed by atoms with E-state index in [1.807, 2.05) is 50.2 Å². The van der Waals surface area contributed by atoms with E-state index in [4.69, 9.17) is 9.68 Å². The molecule has 0 spiro atoms. The number of amides is 1. The van der Waals surface area contributed by atoms with Gasteiger partial charge in [0.1, 0.15) is 11.8 Å². The third-order valence-electron chi connectivity index (χ3n) is 3.85. The van der Waals surface area contributed by atoms with E-state index >= 15 is 0 Å². The topological polar surface area (TPSA) is 70.1 Å². The minimum atomic E-state index is -0.204. The molecule has 5 nitrogen and oxygen atoms in total. The number of nitrogens with zero attached hydrogens (tertiary/aromatic N) is 3. The van der Waals surface area contributed by atoms with Crippen molar-refractivity contribution >= 4 is 22.5 Å². The molecular formula is C19H17N3O2. The van der Waals surface area contributed by atoms with Crippen molar-refractivity contribution in [2.75, 3.05) is 4.90 Å². The van der Waals surface area contributed by atoms with Crippen LogP contribution >= 0.6 is 0 Å². The lowest BCUT2D eigenvalue weighted by Gasteiger charge is -2.26. The summed E-state index contributed by atoms with van der Waals surface area (Å²) in [6, 6.07) is 13.1. The number of fused-ring (bicyclic) bond motifs is 1. The number of anilines is 1. The number of carbonyl (C=O) groups excluding carboxylic acids is 1. The minimum Gasteiger partial charge on any atom is -0.450 e. The molecule has 2 aromatic heterocycles. The van der Waals surface area contributed by atoms with Gasteiger partial charge in [-0.25, -0.2) is 0 Å². The predicted molar refractivity (Wildman–Crippen MR) is 91.8 cm³/mol. The van der Waals surface area contributed by atoms with Crippen LogP contribution in [-0.4, -0.2) is 16.9 Å². The van der Waals surface area contributed by atoms with E-state index < -0.39 is 0 Å². The van der Waals surface area contributed by atoms with Crippen LogP contribution in [0.4, 0.5) is 5.69 Å². The smallest absolute Gasteiger partial charge is 0.262 e. The Balaban J connectivity index is 2.06. The molecule has 3 rings (SSSR count). The molecule has 0 N–H and O–H groups in total. The number of nitriles is 1. The summed E-state index contributed by atoms with van der Waals surface area (Å²) in [5.41, 5.74) is 1.99. The monoisotopic (exact) mass is 319 g/mol. The van der Waals surface area contributed by atoms with E-state index in [1.165, 1.54) is 6.07 Å². The van der Waals surface area contributed by atoms with Crippen LogP contribution in [-0.2, 0) is 0 Å². The molecule has 24 heavy (non-hydrogen) atoms. The number of hydrogen-bond acceptors (Lipinski definition) is 4. The summed E-state index contributed by atoms with van der Waals surface area (Å²) in [5, 5.41) is 9.93. The molecule has 0 unspecified atom stereocenters. The van der Waals surface area contributed by atoms with E-state index in [9.17, 15) is 4.79 Å². The number of rotatable bonds is 3. The molecule has 0 radical (unpaired) electrons. The van der Waals surface area contributed by atoms with Gasteiger partial charge in [-0.1, -0.05) is 18.2 Å². The van der Waals surface area contributed by atoms with Crippen LogP contribution in [0.15, 0.2) is 47.0 Å². The molecule has 0 aliphatic rings. The summed E-state index contributed by atoms with van der Waals surface area (Å²) in [5.74, 6) is 0.372. The van der Waals surface area contributed by atoms with Crippen LogP contribution in [0.25, 0.3) is 10.9 Å². The number of aromatic nitrogens is 1. The van der Waals surface area contributed by atoms with Gasteiger partial charge in [0.2, 0.25) is 5.76 Å². The van der Waals surface area contributed by atoms with Gasteiger partial charge in [-0.3, -0.25) is 9.78 Å². The maximum Gasteiger partial charge on any atom is 0.262 e. The number of hydrogen-bond donors (Lipinski definition) is 0. The van der Waals surface area contributed by atoms with Crippen LogP contribution in [0.2, 0.25) is 0 Å². The summed E-state index contributed by atoms with van der Waals surface area (Å²) in [4.78, 5) is 19.1. The molecule has 1 aromatic carbocycles. The van der Waals surface area contributed by atoms with Crippen molar-refractivity contribution in [1.82, 2.24) is 4.98 Å². The lowest BCUT2D eigenvalue weighted by molar-refractivity contribution is 0.0979. The SMILES string of the molecule is Cc1oc(C#N)cc1C(=O)N(c1cnc2ccccc2c1)C(C)C. The Morgan fingerprint density at radius 1 is 1.29 bits per heavy atom. The standard InChI is InChI=1S/C19H17N3O2/c1-12(2)22(19(23)17-9-16(10-20)24-13(17)3)15-8-14-6-4-5-7-18(14)21-11-15/h4-9,11-12H,1-3H3. The number of carbonyl (C=O) groups is 1. The Bertz CT molecular complexity index is 951. The number of para-hydroxylation sites is 1. The van der Waals surface area contributed by atoms with Crippen molar-refractivity contribution < 1.29 is 9.21 Å². The highest BCUT2D eigenvalue weighted by Crippen LogP contribution is 2.25. The van der Waals surface area contributed by atoms with Crippen molar-refractivity contribution in [3.63, 3.8) is 0 Å². The second-order valence-electron chi connectivity index (χ2n) is 5.85. The average molecular weight is 319 g/mol. The summed E-state index contributed by atoms with van der Waals surface area (Å²) >= 11 is 0. The zero-order valence-corrected chi connectivity index (χ0v) is 13.8. The van der Waals surface area contributed by atoms with Crippen LogP contribution in [0.1, 0.15) is 35.7 Å². The summed E-state index contributed by atoms with van der Waals surface area (Å²) in [6.45, 7) is 5.56. The van der Waals surface area contributed by atoms with Gasteiger partial charge in [-0.05, 0) is 32.9 Å². The molecule has 0 saturated carbocycles. The zero-order valence-electron chi connectivity index (χ0n) is 13.8. The molecule has 0 bridgehead atoms. The van der Waals surface area contributed by atoms with Crippen molar-refractivity contribution in [1.29, 1.82) is 5.26 Å². The number of pyridine rings is 1. The normalized spacial score (nSPS) is 10.8. The fraction of sp³-hybridized carbons (Fsp3) is 0.211. The van der Waals surface area contributed by atoms with E-state index in [-0.39, 0.29) is 17.7 Å². The second kappa shape index (κ2) is 6.17. The van der Waals surface area contributed by atoms with Gasteiger partial charge in [-0.2, -0.15) is 5.26 Å². The molecule has 3 aromatic rings. The van der Waals surface area contributed by atoms with Gasteiger partial charge in [0.05, 0.1) is 23.0 Å². The van der Waals surface area contributed by atoms with Crippen molar-refractivity contribution in [3.8, 4) is 6.07 Å². The molecule has 1 amide bonds. The van der Waals surface area contributed by atoms with Gasteiger partial charge >= 0.3 is 0 Å². The molecule has 5 heteroatoms. The number of aryl methyl sites for hydroxylation is 1. The molecule has 0 aliphatic carbocycles. The van der Waals surface area contributed by atoms with Crippen LogP contribution in [0.3, 0.4) is 0 Å². The molecule has 0 atom stereocenters. The van der Waals surface area contributed by atoms with Crippen molar-refractivity contribution in [2.45, 2.75) is 26.8 Å². The van der Waals surface area contributed by atoms with Crippen molar-refractivity contribution in [3.05, 3.63) is 59.7 Å². The van der Waals surface area contributed by atoms with Crippen LogP contribution < -0.4 is 4.90 Å². The van der Waals surface area contributed by atoms with Gasteiger partial charge in [0, 0.05) is 17.5 Å². The molecule has 0 aliphatic heterocycles. The van der Waals surface area contributed by atoms with E-state index in [0.29, 0.717) is 17.0 Å². The average Bonchev–Trinajstić information content (AvgIpc) is 2.95. The number of furan rings is 1. The van der Waals surface area contributed by atoms with Crippen molar-refractivity contribution in [2.24, 2.45) is 0 Å². The maximum absolute atomic E-state index is 13.0. The minimum absolute atomic E-state index is 0.0692. The molecule has 0 fully saturated rings. The fourth-order valence-electron chi connectivity index (χ4n) is 2.72. The zero-order chi connectivity index (χ0) is 17.3. The highest BCUT2D eigenvalue weighted by molar-refractivity contribution is 6.07. The first kappa shape index (κ1) is 15.8. The first-order chi connectivity index (χ1) is 11.5. The van der Waals surface area contributed by atoms with Gasteiger partial charge in [0.25, 0.3) is 5.91 Å². The lowest BCUT2D eigenvalue weighted by Crippen LogP contribution is -2.37. The summed E-state index contributed by atoms with van der Waals surface area (Å²) in [6.07, 6.45) is 1.70. The van der Waals surface area contributed by atoms with Gasteiger partial charge < -0.3 is 9.32 Å². The first-order valence-corrected chi connectivity index (χ1v) is 7.70. The van der Waals surface area contributed by atoms with Crippen LogP contribution in [0, 0.1) is 18.3 Å². The van der Waals surface area contributed by atoms with E-state index in [1.54, 1.807) is 18.0 Å². The predicted octanol–water partition coefficient (Wildman–Crippen LogP) is 4.06.